The molecule has 0 spiro atoms. The predicted octanol–water partition coefficient (Wildman–Crippen LogP) is 3.45. The van der Waals surface area contributed by atoms with E-state index in [2.05, 4.69) is 20.2 Å². The van der Waals surface area contributed by atoms with Crippen LogP contribution >= 0.6 is 11.3 Å². The summed E-state index contributed by atoms with van der Waals surface area (Å²) < 4.78 is 16.6. The summed E-state index contributed by atoms with van der Waals surface area (Å²) >= 11 is 1.39. The molecule has 0 bridgehead atoms. The number of pyridine rings is 1. The van der Waals surface area contributed by atoms with Crippen molar-refractivity contribution in [1.29, 1.82) is 10.9 Å². The minimum atomic E-state index is -0.681. The molecule has 1 amide bonds. The lowest BCUT2D eigenvalue weighted by Gasteiger charge is -2.37. The Morgan fingerprint density at radius 2 is 1.86 bits per heavy atom. The molecule has 3 aromatic heterocycles. The van der Waals surface area contributed by atoms with Crippen LogP contribution in [0.5, 0.6) is 5.75 Å². The zero-order chi connectivity index (χ0) is 29.2. The number of hydrogen-bond acceptors (Lipinski definition) is 11. The third kappa shape index (κ3) is 4.97. The summed E-state index contributed by atoms with van der Waals surface area (Å²) in [7, 11) is 1.48. The quantitative estimate of drug-likeness (QED) is 0.0728. The molecule has 14 nitrogen and oxygen atoms in total. The van der Waals surface area contributed by atoms with E-state index in [9.17, 15) is 9.59 Å². The number of thiazole rings is 1. The average Bonchev–Trinajstić information content (AvgIpc) is 3.82. The van der Waals surface area contributed by atoms with E-state index >= 15 is 0 Å². The topological polar surface area (TPSA) is 173 Å². The van der Waals surface area contributed by atoms with Gasteiger partial charge in [-0.25, -0.2) is 9.97 Å². The van der Waals surface area contributed by atoms with Crippen molar-refractivity contribution in [2.75, 3.05) is 51.5 Å². The summed E-state index contributed by atoms with van der Waals surface area (Å²) in [5, 5.41) is 16.2. The molecular formula is C27H27N9O5S. The summed E-state index contributed by atoms with van der Waals surface area (Å²) in [6, 6.07) is 8.96. The number of nitrogens with one attached hydrogen (secondary N) is 3. The Morgan fingerprint density at radius 3 is 2.55 bits per heavy atom. The van der Waals surface area contributed by atoms with Gasteiger partial charge in [0, 0.05) is 37.8 Å². The summed E-state index contributed by atoms with van der Waals surface area (Å²) in [5.41, 5.74) is 9.91. The maximum Gasteiger partial charge on any atom is 0.295 e. The van der Waals surface area contributed by atoms with E-state index < -0.39 is 18.0 Å². The number of carbonyl (C=O) groups excluding carboxylic acids is 2. The van der Waals surface area contributed by atoms with Gasteiger partial charge in [0.25, 0.3) is 11.7 Å². The number of nitrogens with zero attached hydrogens (tertiary/aromatic N) is 6. The molecular weight excluding hydrogens is 562 g/mol. The van der Waals surface area contributed by atoms with Gasteiger partial charge in [-0.3, -0.25) is 15.0 Å². The lowest BCUT2D eigenvalue weighted by molar-refractivity contribution is -0.127. The number of guanidine groups is 1. The fraction of sp³-hybridized carbons (Fsp3) is 0.296. The number of ketones is 1. The number of methoxy groups -OCH3 is 1. The summed E-state index contributed by atoms with van der Waals surface area (Å²) in [4.78, 5) is 42.3. The molecule has 42 heavy (non-hydrogen) atoms. The number of fused-ring (bicyclic) bond motifs is 1. The van der Waals surface area contributed by atoms with Gasteiger partial charge in [0.15, 0.2) is 0 Å². The summed E-state index contributed by atoms with van der Waals surface area (Å²) in [6.07, 6.45) is 2.49. The van der Waals surface area contributed by atoms with E-state index in [1.165, 1.54) is 40.7 Å². The van der Waals surface area contributed by atoms with E-state index in [1.807, 2.05) is 11.4 Å². The minimum absolute atomic E-state index is 0.0206. The van der Waals surface area contributed by atoms with Crippen LogP contribution < -0.4 is 9.75 Å². The first kappa shape index (κ1) is 27.4. The summed E-state index contributed by atoms with van der Waals surface area (Å²) in [6.45, 7) is 2.08. The number of aromatic amines is 1. The first-order chi connectivity index (χ1) is 20.5. The zero-order valence-electron chi connectivity index (χ0n) is 22.6. The van der Waals surface area contributed by atoms with Crippen LogP contribution in [0.25, 0.3) is 22.3 Å². The normalized spacial score (nSPS) is 15.6. The molecule has 2 aliphatic rings. The fourth-order valence-corrected chi connectivity index (χ4v) is 5.76. The van der Waals surface area contributed by atoms with Crippen molar-refractivity contribution in [2.24, 2.45) is 5.22 Å². The Kier molecular flexibility index (Phi) is 7.60. The number of ether oxygens (including phenoxy) is 3. The molecule has 0 aliphatic carbocycles. The molecule has 1 aromatic carbocycles. The minimum Gasteiger partial charge on any atom is -0.494 e. The van der Waals surface area contributed by atoms with E-state index in [4.69, 9.17) is 25.2 Å². The third-order valence-corrected chi connectivity index (χ3v) is 7.96. The van der Waals surface area contributed by atoms with Crippen molar-refractivity contribution in [3.8, 4) is 17.1 Å². The number of rotatable bonds is 7. The highest BCUT2D eigenvalue weighted by Gasteiger charge is 2.32. The molecule has 15 heteroatoms. The van der Waals surface area contributed by atoms with Crippen molar-refractivity contribution < 1.29 is 23.8 Å². The molecule has 4 aromatic rings. The van der Waals surface area contributed by atoms with E-state index in [0.29, 0.717) is 65.0 Å². The molecule has 0 radical (unpaired) electrons. The Labute approximate surface area is 243 Å². The van der Waals surface area contributed by atoms with Crippen molar-refractivity contribution >= 4 is 45.6 Å². The number of Topliss-reactive ketones (excluding diaryl/α,β-unsaturated/α-hetero) is 1. The highest BCUT2D eigenvalue weighted by atomic mass is 32.1. The summed E-state index contributed by atoms with van der Waals surface area (Å²) in [5.74, 6) is -0.965. The largest absolute Gasteiger partial charge is 0.494 e. The van der Waals surface area contributed by atoms with Gasteiger partial charge in [-0.2, -0.15) is 10.5 Å². The van der Waals surface area contributed by atoms with Crippen molar-refractivity contribution in [1.82, 2.24) is 24.8 Å². The van der Waals surface area contributed by atoms with Gasteiger partial charge in [0.05, 0.1) is 48.7 Å². The van der Waals surface area contributed by atoms with Gasteiger partial charge < -0.3 is 29.0 Å². The maximum absolute atomic E-state index is 13.5. The standard InChI is InChI=1S/C27H27N9O5S/c1-39-19-14-31-21(18-15-42-24(32-18)26-40-11-12-41-26)22-20(19)17(13-30-22)23(37)25(38)34-7-9-35(10-8-34)27(28)36(33-29)16-5-3-2-4-6-16/h2-6,13-15,26,28-30H,7-12H2,1H3. The monoisotopic (exact) mass is 589 g/mol. The molecule has 0 unspecified atom stereocenters. The second kappa shape index (κ2) is 11.6. The highest BCUT2D eigenvalue weighted by molar-refractivity contribution is 7.10. The van der Waals surface area contributed by atoms with Crippen LogP contribution in [0.4, 0.5) is 5.69 Å². The number of amides is 1. The van der Waals surface area contributed by atoms with Crippen molar-refractivity contribution in [3.05, 3.63) is 58.7 Å². The third-order valence-electron chi connectivity index (χ3n) is 7.09. The molecule has 2 aliphatic heterocycles. The highest BCUT2D eigenvalue weighted by Crippen LogP contribution is 2.36. The van der Waals surface area contributed by atoms with Gasteiger partial charge in [-0.05, 0) is 12.1 Å². The van der Waals surface area contributed by atoms with Crippen LogP contribution in [0.2, 0.25) is 0 Å². The molecule has 0 saturated carbocycles. The first-order valence-corrected chi connectivity index (χ1v) is 14.0. The number of piperazine rings is 1. The van der Waals surface area contributed by atoms with Gasteiger partial charge in [-0.15, -0.1) is 11.3 Å². The second-order valence-electron chi connectivity index (χ2n) is 9.45. The molecule has 2 saturated heterocycles. The van der Waals surface area contributed by atoms with Crippen LogP contribution in [-0.2, 0) is 14.3 Å². The van der Waals surface area contributed by atoms with Crippen LogP contribution in [0.3, 0.4) is 0 Å². The van der Waals surface area contributed by atoms with Crippen LogP contribution in [0.15, 0.2) is 53.3 Å². The molecule has 0 atom stereocenters. The Morgan fingerprint density at radius 1 is 1.14 bits per heavy atom. The lowest BCUT2D eigenvalue weighted by atomic mass is 10.1. The van der Waals surface area contributed by atoms with E-state index in [0.717, 1.165) is 0 Å². The smallest absolute Gasteiger partial charge is 0.295 e. The van der Waals surface area contributed by atoms with E-state index in [1.54, 1.807) is 29.2 Å². The van der Waals surface area contributed by atoms with Gasteiger partial charge in [0.1, 0.15) is 22.1 Å². The predicted molar refractivity (Wildman–Crippen MR) is 153 cm³/mol. The fourth-order valence-electron chi connectivity index (χ4n) is 4.96. The van der Waals surface area contributed by atoms with Crippen molar-refractivity contribution in [3.63, 3.8) is 0 Å². The first-order valence-electron chi connectivity index (χ1n) is 13.1. The van der Waals surface area contributed by atoms with Crippen LogP contribution in [-0.4, -0.2) is 88.9 Å². The number of anilines is 1. The van der Waals surface area contributed by atoms with Gasteiger partial charge in [-0.1, -0.05) is 23.4 Å². The number of aromatic nitrogens is 3. The Balaban J connectivity index is 1.19. The number of hydrogen-bond donors (Lipinski definition) is 3. The molecule has 5 heterocycles. The molecule has 216 valence electrons. The van der Waals surface area contributed by atoms with Crippen molar-refractivity contribution in [2.45, 2.75) is 6.29 Å². The van der Waals surface area contributed by atoms with Crippen LogP contribution in [0, 0.1) is 10.9 Å². The molecule has 2 fully saturated rings. The number of H-pyrrole nitrogens is 1. The maximum atomic E-state index is 13.5. The molecule has 3 N–H and O–H groups in total. The Bertz CT molecular complexity index is 1640. The van der Waals surface area contributed by atoms with Crippen LogP contribution in [0.1, 0.15) is 21.7 Å². The average molecular weight is 590 g/mol. The second-order valence-corrected chi connectivity index (χ2v) is 10.3. The lowest BCUT2D eigenvalue weighted by Crippen LogP contribution is -2.54. The van der Waals surface area contributed by atoms with Gasteiger partial charge >= 0.3 is 0 Å². The SMILES string of the molecule is COc1cnc(-c2csc(C3OCCO3)n2)c2[nH]cc(C(=O)C(=O)N3CCN(C(=N)N(N=N)c4ccccc4)CC3)c12. The number of para-hydroxylation sites is 1. The zero-order valence-corrected chi connectivity index (χ0v) is 23.4. The Hall–Kier alpha value is -4.73. The van der Waals surface area contributed by atoms with E-state index in [-0.39, 0.29) is 24.6 Å². The number of benzene rings is 1. The van der Waals surface area contributed by atoms with Gasteiger partial charge in [0.2, 0.25) is 12.2 Å². The number of carbonyl (C=O) groups is 2. The molecule has 6 rings (SSSR count).